The minimum absolute atomic E-state index is 0.244. The van der Waals surface area contributed by atoms with E-state index in [1.807, 2.05) is 11.8 Å². The third-order valence-electron chi connectivity index (χ3n) is 3.99. The summed E-state index contributed by atoms with van der Waals surface area (Å²) in [5, 5.41) is 0. The summed E-state index contributed by atoms with van der Waals surface area (Å²) < 4.78 is 8.25. The van der Waals surface area contributed by atoms with Crippen molar-refractivity contribution in [3.05, 3.63) is 30.1 Å². The quantitative estimate of drug-likeness (QED) is 0.548. The molecule has 1 fully saturated rings. The molecule has 112 valence electrons. The lowest BCUT2D eigenvalue weighted by molar-refractivity contribution is -0.693. The van der Waals surface area contributed by atoms with Crippen molar-refractivity contribution in [2.45, 2.75) is 57.9 Å². The third-order valence-corrected chi connectivity index (χ3v) is 5.36. The fourth-order valence-corrected chi connectivity index (χ4v) is 3.83. The van der Waals surface area contributed by atoms with Gasteiger partial charge in [-0.2, -0.15) is 0 Å². The number of ether oxygens (including phenoxy) is 1. The molecule has 20 heavy (non-hydrogen) atoms. The first-order valence-electron chi connectivity index (χ1n) is 8.05. The molecule has 0 aromatic carbocycles. The molecule has 0 bridgehead atoms. The molecule has 3 heteroatoms. The number of hydrogen-bond acceptors (Lipinski definition) is 2. The Morgan fingerprint density at radius 2 is 2.00 bits per heavy atom. The van der Waals surface area contributed by atoms with E-state index in [1.54, 1.807) is 0 Å². The van der Waals surface area contributed by atoms with Crippen molar-refractivity contribution in [2.24, 2.45) is 5.92 Å². The number of unbranched alkanes of at least 4 members (excludes halogenated alkanes) is 3. The number of pyridine rings is 1. The van der Waals surface area contributed by atoms with Crippen LogP contribution < -0.4 is 4.57 Å². The highest BCUT2D eigenvalue weighted by atomic mass is 32.2. The van der Waals surface area contributed by atoms with Crippen LogP contribution in [0.15, 0.2) is 24.5 Å². The molecule has 1 aromatic rings. The number of nitrogens with zero attached hydrogens (tertiary/aromatic N) is 1. The van der Waals surface area contributed by atoms with Crippen LogP contribution in [-0.2, 0) is 11.3 Å². The number of thioether (sulfide) groups is 1. The van der Waals surface area contributed by atoms with E-state index >= 15 is 0 Å². The monoisotopic (exact) mass is 294 g/mol. The maximum Gasteiger partial charge on any atom is 0.169 e. The first-order valence-corrected chi connectivity index (χ1v) is 9.10. The average Bonchev–Trinajstić information content (AvgIpc) is 2.52. The van der Waals surface area contributed by atoms with Gasteiger partial charge in [-0.25, -0.2) is 4.57 Å². The summed E-state index contributed by atoms with van der Waals surface area (Å²) in [6.07, 6.45) is 11.1. The fourth-order valence-electron chi connectivity index (χ4n) is 2.60. The largest absolute Gasteiger partial charge is 0.362 e. The van der Waals surface area contributed by atoms with Crippen LogP contribution in [0.1, 0.15) is 57.0 Å². The summed E-state index contributed by atoms with van der Waals surface area (Å²) in [5.41, 5.74) is 1.55. The smallest absolute Gasteiger partial charge is 0.169 e. The molecule has 0 aliphatic carbocycles. The van der Waals surface area contributed by atoms with E-state index in [4.69, 9.17) is 4.74 Å². The molecule has 0 N–H and O–H groups in total. The van der Waals surface area contributed by atoms with Crippen molar-refractivity contribution in [1.29, 1.82) is 0 Å². The van der Waals surface area contributed by atoms with Crippen molar-refractivity contribution >= 4 is 11.8 Å². The molecule has 0 amide bonds. The van der Waals surface area contributed by atoms with E-state index in [1.165, 1.54) is 43.4 Å². The highest BCUT2D eigenvalue weighted by molar-refractivity contribution is 7.99. The number of rotatable bonds is 7. The standard InChI is InChI=1S/C17H28NOS/c1-3-5-6-7-8-15-13-19-17(20-14-15)16-9-11-18(4-2)12-10-16/h9-12,15,17H,3-8,13-14H2,1-2H3/q+1. The second-order valence-corrected chi connectivity index (χ2v) is 6.77. The number of aromatic nitrogens is 1. The van der Waals surface area contributed by atoms with Crippen LogP contribution in [0.3, 0.4) is 0 Å². The van der Waals surface area contributed by atoms with Gasteiger partial charge >= 0.3 is 0 Å². The fraction of sp³-hybridized carbons (Fsp3) is 0.706. The van der Waals surface area contributed by atoms with Gasteiger partial charge in [-0.15, -0.1) is 11.8 Å². The Hall–Kier alpha value is -0.540. The maximum absolute atomic E-state index is 6.06. The van der Waals surface area contributed by atoms with Crippen LogP contribution in [0, 0.1) is 5.92 Å². The zero-order chi connectivity index (χ0) is 14.2. The molecule has 0 saturated carbocycles. The second-order valence-electron chi connectivity index (χ2n) is 5.68. The van der Waals surface area contributed by atoms with Crippen LogP contribution >= 0.6 is 11.8 Å². The lowest BCUT2D eigenvalue weighted by Gasteiger charge is -2.28. The molecule has 1 aliphatic heterocycles. The lowest BCUT2D eigenvalue weighted by atomic mass is 10.0. The summed E-state index contributed by atoms with van der Waals surface area (Å²) >= 11 is 1.97. The summed E-state index contributed by atoms with van der Waals surface area (Å²) in [5.74, 6) is 2.01. The van der Waals surface area contributed by atoms with Gasteiger partial charge in [0.05, 0.1) is 6.61 Å². The van der Waals surface area contributed by atoms with Crippen molar-refractivity contribution < 1.29 is 9.30 Å². The van der Waals surface area contributed by atoms with Gasteiger partial charge < -0.3 is 4.74 Å². The van der Waals surface area contributed by atoms with E-state index in [0.717, 1.165) is 19.1 Å². The minimum Gasteiger partial charge on any atom is -0.362 e. The van der Waals surface area contributed by atoms with Gasteiger partial charge in [0.25, 0.3) is 0 Å². The highest BCUT2D eigenvalue weighted by Gasteiger charge is 2.23. The lowest BCUT2D eigenvalue weighted by Crippen LogP contribution is -2.31. The van der Waals surface area contributed by atoms with E-state index < -0.39 is 0 Å². The zero-order valence-corrected chi connectivity index (χ0v) is 13.7. The van der Waals surface area contributed by atoms with Crippen molar-refractivity contribution in [3.8, 4) is 0 Å². The Kier molecular flexibility index (Phi) is 6.88. The number of aryl methyl sites for hydroxylation is 1. The molecular formula is C17H28NOS+. The second kappa shape index (κ2) is 8.68. The Labute approximate surface area is 127 Å². The molecule has 2 rings (SSSR count). The molecule has 1 aromatic heterocycles. The Morgan fingerprint density at radius 1 is 1.20 bits per heavy atom. The van der Waals surface area contributed by atoms with E-state index in [9.17, 15) is 0 Å². The first-order chi connectivity index (χ1) is 9.83. The van der Waals surface area contributed by atoms with Gasteiger partial charge in [0, 0.05) is 23.4 Å². The molecule has 2 nitrogen and oxygen atoms in total. The molecule has 2 unspecified atom stereocenters. The average molecular weight is 294 g/mol. The number of hydrogen-bond donors (Lipinski definition) is 0. The predicted octanol–water partition coefficient (Wildman–Crippen LogP) is 4.34. The van der Waals surface area contributed by atoms with Crippen LogP contribution in [0.2, 0.25) is 0 Å². The maximum atomic E-state index is 6.06. The normalized spacial score (nSPS) is 22.9. The van der Waals surface area contributed by atoms with Crippen LogP contribution in [0.4, 0.5) is 0 Å². The Bertz CT molecular complexity index is 371. The Balaban J connectivity index is 1.73. The van der Waals surface area contributed by atoms with Gasteiger partial charge in [-0.1, -0.05) is 32.6 Å². The summed E-state index contributed by atoms with van der Waals surface area (Å²) in [4.78, 5) is 0. The van der Waals surface area contributed by atoms with E-state index in [0.29, 0.717) is 0 Å². The SMILES string of the molecule is CCCCCCC1COC(c2cc[n+](CC)cc2)SC1. The van der Waals surface area contributed by atoms with Gasteiger partial charge in [-0.05, 0) is 19.3 Å². The van der Waals surface area contributed by atoms with Gasteiger partial charge in [0.15, 0.2) is 12.4 Å². The summed E-state index contributed by atoms with van der Waals surface area (Å²) in [7, 11) is 0. The summed E-state index contributed by atoms with van der Waals surface area (Å²) in [6, 6.07) is 4.39. The third kappa shape index (κ3) is 4.78. The van der Waals surface area contributed by atoms with E-state index in [2.05, 4.69) is 42.9 Å². The molecule has 1 saturated heterocycles. The molecule has 2 heterocycles. The van der Waals surface area contributed by atoms with Crippen LogP contribution in [0.5, 0.6) is 0 Å². The molecule has 0 spiro atoms. The first kappa shape index (κ1) is 15.8. The zero-order valence-electron chi connectivity index (χ0n) is 12.9. The van der Waals surface area contributed by atoms with Gasteiger partial charge in [0.2, 0.25) is 0 Å². The topological polar surface area (TPSA) is 13.1 Å². The van der Waals surface area contributed by atoms with E-state index in [-0.39, 0.29) is 5.44 Å². The minimum atomic E-state index is 0.244. The Morgan fingerprint density at radius 3 is 2.60 bits per heavy atom. The van der Waals surface area contributed by atoms with Gasteiger partial charge in [-0.3, -0.25) is 0 Å². The molecule has 2 atom stereocenters. The molecule has 0 radical (unpaired) electrons. The van der Waals surface area contributed by atoms with Crippen LogP contribution in [0.25, 0.3) is 0 Å². The van der Waals surface area contributed by atoms with Crippen molar-refractivity contribution in [3.63, 3.8) is 0 Å². The van der Waals surface area contributed by atoms with Crippen molar-refractivity contribution in [2.75, 3.05) is 12.4 Å². The molecule has 1 aliphatic rings. The highest BCUT2D eigenvalue weighted by Crippen LogP contribution is 2.37. The molecular weight excluding hydrogens is 266 g/mol. The van der Waals surface area contributed by atoms with Crippen molar-refractivity contribution in [1.82, 2.24) is 0 Å². The van der Waals surface area contributed by atoms with Crippen LogP contribution in [-0.4, -0.2) is 12.4 Å². The van der Waals surface area contributed by atoms with Gasteiger partial charge in [0.1, 0.15) is 12.0 Å². The summed E-state index contributed by atoms with van der Waals surface area (Å²) in [6.45, 7) is 6.40. The predicted molar refractivity (Wildman–Crippen MR) is 85.7 cm³/mol.